The van der Waals surface area contributed by atoms with Crippen LogP contribution in [0.25, 0.3) is 0 Å². The van der Waals surface area contributed by atoms with Gasteiger partial charge in [-0.25, -0.2) is 0 Å². The zero-order chi connectivity index (χ0) is 13.1. The van der Waals surface area contributed by atoms with E-state index in [2.05, 4.69) is 54.5 Å². The molecule has 0 saturated heterocycles. The first-order valence-electron chi connectivity index (χ1n) is 6.07. The van der Waals surface area contributed by atoms with Gasteiger partial charge in [-0.05, 0) is 44.6 Å². The summed E-state index contributed by atoms with van der Waals surface area (Å²) in [7, 11) is 0. The molecule has 18 heavy (non-hydrogen) atoms. The summed E-state index contributed by atoms with van der Waals surface area (Å²) in [6.07, 6.45) is 0. The molecule has 2 rings (SSSR count). The van der Waals surface area contributed by atoms with Crippen LogP contribution in [0.4, 0.5) is 5.69 Å². The van der Waals surface area contributed by atoms with Crippen molar-refractivity contribution in [3.63, 3.8) is 0 Å². The summed E-state index contributed by atoms with van der Waals surface area (Å²) in [5.74, 6) is 0.933. The van der Waals surface area contributed by atoms with Crippen LogP contribution in [-0.4, -0.2) is 14.8 Å². The van der Waals surface area contributed by atoms with Crippen LogP contribution in [-0.2, 0) is 13.1 Å². The number of nitrogens with zero attached hydrogens (tertiary/aromatic N) is 2. The molecule has 1 aromatic heterocycles. The Morgan fingerprint density at radius 3 is 2.83 bits per heavy atom. The first kappa shape index (κ1) is 12.8. The lowest BCUT2D eigenvalue weighted by Crippen LogP contribution is -2.08. The molecule has 0 amide bonds. The molecular formula is C13H18N4S. The first-order chi connectivity index (χ1) is 8.61. The van der Waals surface area contributed by atoms with E-state index in [4.69, 9.17) is 12.2 Å². The maximum Gasteiger partial charge on any atom is 0.195 e. The molecule has 1 aromatic carbocycles. The molecule has 0 aliphatic rings. The average Bonchev–Trinajstić information content (AvgIpc) is 2.69. The number of rotatable bonds is 4. The van der Waals surface area contributed by atoms with Crippen LogP contribution < -0.4 is 5.32 Å². The number of aromatic nitrogens is 3. The van der Waals surface area contributed by atoms with Gasteiger partial charge in [0.25, 0.3) is 0 Å². The van der Waals surface area contributed by atoms with Crippen LogP contribution >= 0.6 is 12.2 Å². The van der Waals surface area contributed by atoms with Gasteiger partial charge in [-0.3, -0.25) is 5.10 Å². The van der Waals surface area contributed by atoms with Crippen LogP contribution in [0.3, 0.4) is 0 Å². The van der Waals surface area contributed by atoms with Gasteiger partial charge in [0.05, 0.1) is 6.54 Å². The fraction of sp³-hybridized carbons (Fsp3) is 0.385. The number of aromatic amines is 1. The lowest BCUT2D eigenvalue weighted by Gasteiger charge is -2.10. The summed E-state index contributed by atoms with van der Waals surface area (Å²) in [5.41, 5.74) is 3.65. The maximum absolute atomic E-state index is 5.16. The van der Waals surface area contributed by atoms with E-state index in [0.29, 0.717) is 11.3 Å². The van der Waals surface area contributed by atoms with Gasteiger partial charge in [0.15, 0.2) is 10.6 Å². The summed E-state index contributed by atoms with van der Waals surface area (Å²) in [6.45, 7) is 7.77. The second kappa shape index (κ2) is 5.35. The van der Waals surface area contributed by atoms with Crippen molar-refractivity contribution in [2.45, 2.75) is 33.9 Å². The molecule has 0 unspecified atom stereocenters. The minimum atomic E-state index is 0.672. The Morgan fingerprint density at radius 2 is 2.17 bits per heavy atom. The standard InChI is InChI=1S/C13H18N4S/c1-4-17-12(15-16-13(17)18)8-14-11-6-5-9(2)7-10(11)3/h5-7,14H,4,8H2,1-3H3,(H,16,18). The van der Waals surface area contributed by atoms with Crippen molar-refractivity contribution in [3.05, 3.63) is 39.9 Å². The van der Waals surface area contributed by atoms with Crippen molar-refractivity contribution in [1.29, 1.82) is 0 Å². The molecule has 0 radical (unpaired) electrons. The van der Waals surface area contributed by atoms with Gasteiger partial charge in [-0.1, -0.05) is 17.7 Å². The predicted octanol–water partition coefficient (Wildman–Crippen LogP) is 3.19. The molecule has 96 valence electrons. The van der Waals surface area contributed by atoms with Gasteiger partial charge in [-0.2, -0.15) is 5.10 Å². The van der Waals surface area contributed by atoms with E-state index in [1.165, 1.54) is 11.1 Å². The fourth-order valence-corrected chi connectivity index (χ4v) is 2.28. The predicted molar refractivity (Wildman–Crippen MR) is 76.3 cm³/mol. The zero-order valence-electron chi connectivity index (χ0n) is 10.9. The molecule has 0 fully saturated rings. The summed E-state index contributed by atoms with van der Waals surface area (Å²) in [5, 5.41) is 10.5. The van der Waals surface area contributed by atoms with Gasteiger partial charge in [-0.15, -0.1) is 0 Å². The molecule has 4 nitrogen and oxygen atoms in total. The smallest absolute Gasteiger partial charge is 0.195 e. The van der Waals surface area contributed by atoms with Crippen LogP contribution in [0.2, 0.25) is 0 Å². The molecule has 0 atom stereocenters. The topological polar surface area (TPSA) is 45.6 Å². The number of nitrogens with one attached hydrogen (secondary N) is 2. The van der Waals surface area contributed by atoms with Gasteiger partial charge < -0.3 is 9.88 Å². The maximum atomic E-state index is 5.16. The van der Waals surface area contributed by atoms with Gasteiger partial charge in [0.2, 0.25) is 0 Å². The fourth-order valence-electron chi connectivity index (χ4n) is 2.00. The van der Waals surface area contributed by atoms with E-state index in [-0.39, 0.29) is 0 Å². The molecule has 0 bridgehead atoms. The molecule has 2 aromatic rings. The minimum Gasteiger partial charge on any atom is -0.378 e. The Balaban J connectivity index is 2.14. The number of hydrogen-bond donors (Lipinski definition) is 2. The lowest BCUT2D eigenvalue weighted by molar-refractivity contribution is 0.700. The van der Waals surface area contributed by atoms with E-state index >= 15 is 0 Å². The van der Waals surface area contributed by atoms with Crippen LogP contribution in [0, 0.1) is 18.6 Å². The van der Waals surface area contributed by atoms with Crippen molar-refractivity contribution < 1.29 is 0 Å². The van der Waals surface area contributed by atoms with E-state index in [9.17, 15) is 0 Å². The molecular weight excluding hydrogens is 244 g/mol. The first-order valence-corrected chi connectivity index (χ1v) is 6.48. The molecule has 5 heteroatoms. The summed E-state index contributed by atoms with van der Waals surface area (Å²) in [4.78, 5) is 0. The second-order valence-electron chi connectivity index (χ2n) is 4.36. The highest BCUT2D eigenvalue weighted by Crippen LogP contribution is 2.16. The van der Waals surface area contributed by atoms with Crippen molar-refractivity contribution in [1.82, 2.24) is 14.8 Å². The summed E-state index contributed by atoms with van der Waals surface area (Å²) in [6, 6.07) is 6.37. The average molecular weight is 262 g/mol. The third-order valence-corrected chi connectivity index (χ3v) is 3.28. The van der Waals surface area contributed by atoms with Crippen molar-refractivity contribution in [2.24, 2.45) is 0 Å². The van der Waals surface area contributed by atoms with Gasteiger partial charge in [0.1, 0.15) is 0 Å². The SMILES string of the molecule is CCn1c(CNc2ccc(C)cc2C)n[nH]c1=S. The lowest BCUT2D eigenvalue weighted by atomic mass is 10.1. The molecule has 1 heterocycles. The van der Waals surface area contributed by atoms with Crippen molar-refractivity contribution in [2.75, 3.05) is 5.32 Å². The van der Waals surface area contributed by atoms with Crippen molar-refractivity contribution in [3.8, 4) is 0 Å². The second-order valence-corrected chi connectivity index (χ2v) is 4.75. The monoisotopic (exact) mass is 262 g/mol. The van der Waals surface area contributed by atoms with Crippen molar-refractivity contribution >= 4 is 17.9 Å². The Morgan fingerprint density at radius 1 is 1.39 bits per heavy atom. The molecule has 0 aliphatic heterocycles. The highest BCUT2D eigenvalue weighted by molar-refractivity contribution is 7.71. The highest BCUT2D eigenvalue weighted by atomic mass is 32.1. The van der Waals surface area contributed by atoms with E-state index in [1.807, 2.05) is 4.57 Å². The zero-order valence-corrected chi connectivity index (χ0v) is 11.8. The quantitative estimate of drug-likeness (QED) is 0.832. The Bertz CT molecular complexity index is 597. The van der Waals surface area contributed by atoms with E-state index in [1.54, 1.807) is 0 Å². The van der Waals surface area contributed by atoms with Gasteiger partial charge in [0, 0.05) is 12.2 Å². The third-order valence-electron chi connectivity index (χ3n) is 2.97. The normalized spacial score (nSPS) is 10.6. The molecule has 0 aliphatic carbocycles. The number of aryl methyl sites for hydroxylation is 2. The van der Waals surface area contributed by atoms with Crippen LogP contribution in [0.1, 0.15) is 23.9 Å². The van der Waals surface area contributed by atoms with Gasteiger partial charge >= 0.3 is 0 Å². The number of benzene rings is 1. The summed E-state index contributed by atoms with van der Waals surface area (Å²) >= 11 is 5.16. The Labute approximate surface area is 112 Å². The van der Waals surface area contributed by atoms with E-state index < -0.39 is 0 Å². The third kappa shape index (κ3) is 2.61. The Kier molecular flexibility index (Phi) is 3.81. The molecule has 0 saturated carbocycles. The molecule has 2 N–H and O–H groups in total. The van der Waals surface area contributed by atoms with Crippen LogP contribution in [0.5, 0.6) is 0 Å². The molecule has 0 spiro atoms. The summed E-state index contributed by atoms with van der Waals surface area (Å²) < 4.78 is 2.67. The number of anilines is 1. The Hall–Kier alpha value is -1.62. The number of H-pyrrole nitrogens is 1. The largest absolute Gasteiger partial charge is 0.378 e. The number of hydrogen-bond acceptors (Lipinski definition) is 3. The van der Waals surface area contributed by atoms with E-state index in [0.717, 1.165) is 18.1 Å². The van der Waals surface area contributed by atoms with Crippen LogP contribution in [0.15, 0.2) is 18.2 Å². The highest BCUT2D eigenvalue weighted by Gasteiger charge is 2.05. The minimum absolute atomic E-state index is 0.672.